The molecule has 0 saturated heterocycles. The van der Waals surface area contributed by atoms with E-state index in [1.165, 1.54) is 17.4 Å². The van der Waals surface area contributed by atoms with E-state index in [9.17, 15) is 13.2 Å². The molecule has 0 aromatic heterocycles. The average molecular weight is 215 g/mol. The fourth-order valence-electron chi connectivity index (χ4n) is 1.30. The van der Waals surface area contributed by atoms with Crippen molar-refractivity contribution in [1.29, 1.82) is 0 Å². The smallest absolute Gasteiger partial charge is 0.387 e. The van der Waals surface area contributed by atoms with Gasteiger partial charge in [0.05, 0.1) is 17.8 Å². The maximum atomic E-state index is 12.4. The van der Waals surface area contributed by atoms with Crippen molar-refractivity contribution < 1.29 is 18.0 Å². The van der Waals surface area contributed by atoms with Gasteiger partial charge < -0.3 is 4.84 Å². The molecular formula is C10H8F3NO. The molecule has 1 aliphatic heterocycles. The molecule has 80 valence electrons. The van der Waals surface area contributed by atoms with Crippen LogP contribution in [-0.2, 0) is 11.0 Å². The van der Waals surface area contributed by atoms with Crippen LogP contribution in [0.4, 0.5) is 18.9 Å². The summed E-state index contributed by atoms with van der Waals surface area (Å²) in [5.41, 5.74) is -0.273. The van der Waals surface area contributed by atoms with Crippen molar-refractivity contribution in [2.75, 3.05) is 11.6 Å². The third kappa shape index (κ3) is 2.06. The van der Waals surface area contributed by atoms with Crippen LogP contribution < -0.4 is 5.06 Å². The summed E-state index contributed by atoms with van der Waals surface area (Å²) in [6.45, 7) is 0.460. The van der Waals surface area contributed by atoms with Gasteiger partial charge in [-0.15, -0.1) is 0 Å². The maximum absolute atomic E-state index is 12.4. The van der Waals surface area contributed by atoms with E-state index in [4.69, 9.17) is 4.84 Å². The van der Waals surface area contributed by atoms with E-state index in [0.717, 1.165) is 12.1 Å². The number of nitrogens with zero attached hydrogens (tertiary/aromatic N) is 1. The zero-order valence-electron chi connectivity index (χ0n) is 7.66. The van der Waals surface area contributed by atoms with Crippen LogP contribution in [0.3, 0.4) is 0 Å². The van der Waals surface area contributed by atoms with E-state index in [2.05, 4.69) is 0 Å². The van der Waals surface area contributed by atoms with Crippen LogP contribution in [0.5, 0.6) is 0 Å². The molecule has 1 aromatic rings. The predicted molar refractivity (Wildman–Crippen MR) is 49.0 cm³/mol. The molecule has 15 heavy (non-hydrogen) atoms. The lowest BCUT2D eigenvalue weighted by molar-refractivity contribution is -0.137. The molecule has 0 unspecified atom stereocenters. The Balaban J connectivity index is 2.26. The van der Waals surface area contributed by atoms with Gasteiger partial charge >= 0.3 is 6.18 Å². The number of hydrogen-bond acceptors (Lipinski definition) is 2. The second-order valence-electron chi connectivity index (χ2n) is 3.09. The lowest BCUT2D eigenvalue weighted by Gasteiger charge is -2.17. The second-order valence-corrected chi connectivity index (χ2v) is 3.09. The van der Waals surface area contributed by atoms with Gasteiger partial charge in [0.2, 0.25) is 0 Å². The summed E-state index contributed by atoms with van der Waals surface area (Å²) in [7, 11) is 0. The molecule has 0 N–H and O–H groups in total. The van der Waals surface area contributed by atoms with Gasteiger partial charge in [0.15, 0.2) is 0 Å². The number of hydrogen-bond donors (Lipinski definition) is 0. The molecule has 0 bridgehead atoms. The third-order valence-corrected chi connectivity index (χ3v) is 2.02. The number of rotatable bonds is 1. The van der Waals surface area contributed by atoms with Crippen molar-refractivity contribution in [2.24, 2.45) is 0 Å². The largest absolute Gasteiger partial charge is 0.416 e. The van der Waals surface area contributed by atoms with Gasteiger partial charge in [-0.2, -0.15) is 13.2 Å². The minimum Gasteiger partial charge on any atom is -0.387 e. The Labute approximate surface area is 84.5 Å². The van der Waals surface area contributed by atoms with Gasteiger partial charge in [-0.25, -0.2) is 5.06 Å². The number of hydroxylamine groups is 1. The fraction of sp³-hybridized carbons (Fsp3) is 0.200. The maximum Gasteiger partial charge on any atom is 0.416 e. The monoisotopic (exact) mass is 215 g/mol. The van der Waals surface area contributed by atoms with Crippen LogP contribution >= 0.6 is 0 Å². The molecule has 1 heterocycles. The lowest BCUT2D eigenvalue weighted by atomic mass is 10.2. The van der Waals surface area contributed by atoms with Gasteiger partial charge in [0.1, 0.15) is 6.26 Å². The molecule has 2 nitrogen and oxygen atoms in total. The van der Waals surface area contributed by atoms with E-state index < -0.39 is 11.7 Å². The van der Waals surface area contributed by atoms with Crippen molar-refractivity contribution in [3.05, 3.63) is 42.2 Å². The Morgan fingerprint density at radius 3 is 2.67 bits per heavy atom. The van der Waals surface area contributed by atoms with Gasteiger partial charge in [0, 0.05) is 0 Å². The Morgan fingerprint density at radius 2 is 2.07 bits per heavy atom. The number of benzene rings is 1. The van der Waals surface area contributed by atoms with Gasteiger partial charge in [0.25, 0.3) is 0 Å². The first-order valence-electron chi connectivity index (χ1n) is 4.34. The minimum atomic E-state index is -4.32. The first-order chi connectivity index (χ1) is 7.07. The van der Waals surface area contributed by atoms with Crippen LogP contribution in [0.15, 0.2) is 36.6 Å². The summed E-state index contributed by atoms with van der Waals surface area (Å²) in [4.78, 5) is 4.99. The van der Waals surface area contributed by atoms with Gasteiger partial charge in [-0.05, 0) is 24.3 Å². The normalized spacial score (nSPS) is 15.5. The average Bonchev–Trinajstić information content (AvgIpc) is 2.69. The zero-order valence-corrected chi connectivity index (χ0v) is 7.66. The quantitative estimate of drug-likeness (QED) is 0.714. The molecule has 2 rings (SSSR count). The molecule has 0 atom stereocenters. The highest BCUT2D eigenvalue weighted by molar-refractivity contribution is 5.48. The van der Waals surface area contributed by atoms with E-state index in [1.54, 1.807) is 12.1 Å². The molecular weight excluding hydrogens is 207 g/mol. The van der Waals surface area contributed by atoms with Crippen LogP contribution in [0, 0.1) is 0 Å². The highest BCUT2D eigenvalue weighted by atomic mass is 19.4. The van der Waals surface area contributed by atoms with Crippen LogP contribution in [-0.4, -0.2) is 6.54 Å². The van der Waals surface area contributed by atoms with E-state index in [1.807, 2.05) is 0 Å². The van der Waals surface area contributed by atoms with Crippen LogP contribution in [0.25, 0.3) is 0 Å². The molecule has 1 aromatic carbocycles. The summed E-state index contributed by atoms with van der Waals surface area (Å²) in [6.07, 6.45) is -1.15. The first-order valence-corrected chi connectivity index (χ1v) is 4.34. The summed E-state index contributed by atoms with van der Waals surface area (Å²) in [6, 6.07) is 5.03. The Bertz CT molecular complexity index is 378. The fourth-order valence-corrected chi connectivity index (χ4v) is 1.30. The van der Waals surface area contributed by atoms with Crippen LogP contribution in [0.2, 0.25) is 0 Å². The molecule has 0 radical (unpaired) electrons. The number of anilines is 1. The summed E-state index contributed by atoms with van der Waals surface area (Å²) < 4.78 is 37.1. The Kier molecular flexibility index (Phi) is 2.30. The van der Waals surface area contributed by atoms with Gasteiger partial charge in [-0.3, -0.25) is 0 Å². The molecule has 0 saturated carbocycles. The topological polar surface area (TPSA) is 12.5 Å². The molecule has 0 spiro atoms. The summed E-state index contributed by atoms with van der Waals surface area (Å²) in [5, 5.41) is 1.38. The Hall–Kier alpha value is -1.65. The van der Waals surface area contributed by atoms with Gasteiger partial charge in [-0.1, -0.05) is 6.07 Å². The molecule has 0 amide bonds. The molecule has 0 fully saturated rings. The molecule has 1 aliphatic rings. The van der Waals surface area contributed by atoms with Crippen molar-refractivity contribution >= 4 is 5.69 Å². The van der Waals surface area contributed by atoms with E-state index in [0.29, 0.717) is 12.2 Å². The van der Waals surface area contributed by atoms with Crippen molar-refractivity contribution in [1.82, 2.24) is 0 Å². The number of halogens is 3. The lowest BCUT2D eigenvalue weighted by Crippen LogP contribution is -2.17. The zero-order chi connectivity index (χ0) is 10.9. The summed E-state index contributed by atoms with van der Waals surface area (Å²) >= 11 is 0. The number of alkyl halides is 3. The summed E-state index contributed by atoms with van der Waals surface area (Å²) in [5.74, 6) is 0. The predicted octanol–water partition coefficient (Wildman–Crippen LogP) is 2.97. The molecule has 0 aliphatic carbocycles. The van der Waals surface area contributed by atoms with Crippen molar-refractivity contribution in [2.45, 2.75) is 6.18 Å². The highest BCUT2D eigenvalue weighted by Gasteiger charge is 2.31. The third-order valence-electron chi connectivity index (χ3n) is 2.02. The van der Waals surface area contributed by atoms with E-state index in [-0.39, 0.29) is 0 Å². The second kappa shape index (κ2) is 3.49. The Morgan fingerprint density at radius 1 is 1.27 bits per heavy atom. The van der Waals surface area contributed by atoms with Crippen molar-refractivity contribution in [3.8, 4) is 0 Å². The SMILES string of the molecule is FC(F)(F)c1cccc(N2CC=CO2)c1. The molecule has 5 heteroatoms. The first kappa shape index (κ1) is 9.89. The van der Waals surface area contributed by atoms with Crippen molar-refractivity contribution in [3.63, 3.8) is 0 Å². The van der Waals surface area contributed by atoms with E-state index >= 15 is 0 Å². The minimum absolute atomic E-state index is 0.398. The highest BCUT2D eigenvalue weighted by Crippen LogP contribution is 2.32. The van der Waals surface area contributed by atoms with Crippen LogP contribution in [0.1, 0.15) is 5.56 Å². The standard InChI is InChI=1S/C10H8F3NO/c11-10(12,13)8-3-1-4-9(7-8)14-5-2-6-15-14/h1-4,6-7H,5H2.